The van der Waals surface area contributed by atoms with Crippen LogP contribution in [-0.2, 0) is 29.4 Å². The Hall–Kier alpha value is -1.86. The van der Waals surface area contributed by atoms with Crippen LogP contribution in [0.5, 0.6) is 0 Å². The second kappa shape index (κ2) is 5.41. The van der Waals surface area contributed by atoms with Crippen LogP contribution in [-0.4, -0.2) is 18.0 Å². The third-order valence-corrected chi connectivity index (χ3v) is 3.98. The Kier molecular flexibility index (Phi) is 3.87. The van der Waals surface area contributed by atoms with E-state index in [2.05, 4.69) is 9.71 Å². The van der Waals surface area contributed by atoms with Gasteiger partial charge in [-0.1, -0.05) is 12.1 Å². The van der Waals surface area contributed by atoms with Crippen molar-refractivity contribution >= 4 is 15.7 Å². The van der Waals surface area contributed by atoms with Gasteiger partial charge in [0.1, 0.15) is 5.82 Å². The van der Waals surface area contributed by atoms with Crippen LogP contribution in [0.15, 0.2) is 36.7 Å². The molecule has 0 radical (unpaired) electrons. The molecule has 1 aromatic heterocycles. The summed E-state index contributed by atoms with van der Waals surface area (Å²) in [5.74, 6) is 0.568. The van der Waals surface area contributed by atoms with Crippen molar-refractivity contribution in [2.45, 2.75) is 12.3 Å². The normalized spacial score (nSPS) is 11.6. The first-order chi connectivity index (χ1) is 8.96. The van der Waals surface area contributed by atoms with Gasteiger partial charge >= 0.3 is 0 Å². The molecule has 2 aromatic rings. The Morgan fingerprint density at radius 3 is 2.84 bits per heavy atom. The SMILES string of the molecule is Cn1ccnc1CNS(=O)(=O)Cc1cccc(N)c1. The molecule has 0 aliphatic carbocycles. The van der Waals surface area contributed by atoms with E-state index in [0.29, 0.717) is 17.1 Å². The third-order valence-electron chi connectivity index (χ3n) is 2.68. The molecule has 19 heavy (non-hydrogen) atoms. The van der Waals surface area contributed by atoms with E-state index in [1.807, 2.05) is 7.05 Å². The molecule has 1 heterocycles. The molecular formula is C12H16N4O2S. The van der Waals surface area contributed by atoms with Crippen molar-refractivity contribution in [3.05, 3.63) is 48.0 Å². The summed E-state index contributed by atoms with van der Waals surface area (Å²) in [5.41, 5.74) is 6.83. The molecule has 2 rings (SSSR count). The molecule has 0 aliphatic heterocycles. The number of benzene rings is 1. The summed E-state index contributed by atoms with van der Waals surface area (Å²) in [6, 6.07) is 6.84. The molecule has 0 aliphatic rings. The summed E-state index contributed by atoms with van der Waals surface area (Å²) in [4.78, 5) is 4.06. The molecule has 7 heteroatoms. The van der Waals surface area contributed by atoms with E-state index < -0.39 is 10.0 Å². The van der Waals surface area contributed by atoms with Gasteiger partial charge in [0.2, 0.25) is 10.0 Å². The van der Waals surface area contributed by atoms with Gasteiger partial charge in [-0.25, -0.2) is 18.1 Å². The Morgan fingerprint density at radius 2 is 2.21 bits per heavy atom. The lowest BCUT2D eigenvalue weighted by Crippen LogP contribution is -2.26. The van der Waals surface area contributed by atoms with Crippen LogP contribution in [0.1, 0.15) is 11.4 Å². The molecule has 0 fully saturated rings. The third kappa shape index (κ3) is 3.80. The van der Waals surface area contributed by atoms with E-state index in [-0.39, 0.29) is 12.3 Å². The number of aromatic nitrogens is 2. The number of hydrogen-bond acceptors (Lipinski definition) is 4. The minimum absolute atomic E-state index is 0.0948. The van der Waals surface area contributed by atoms with Crippen LogP contribution in [0, 0.1) is 0 Å². The summed E-state index contributed by atoms with van der Waals surface area (Å²) in [6.45, 7) is 0.175. The first kappa shape index (κ1) is 13.6. The van der Waals surface area contributed by atoms with Gasteiger partial charge in [0.25, 0.3) is 0 Å². The fourth-order valence-corrected chi connectivity index (χ4v) is 2.76. The fourth-order valence-electron chi connectivity index (χ4n) is 1.69. The summed E-state index contributed by atoms with van der Waals surface area (Å²) in [6.07, 6.45) is 3.39. The second-order valence-electron chi connectivity index (χ2n) is 4.28. The standard InChI is InChI=1S/C12H16N4O2S/c1-16-6-5-14-12(16)8-15-19(17,18)9-10-3-2-4-11(13)7-10/h2-7,15H,8-9,13H2,1H3. The van der Waals surface area contributed by atoms with Crippen molar-refractivity contribution in [2.75, 3.05) is 5.73 Å². The van der Waals surface area contributed by atoms with Crippen molar-refractivity contribution < 1.29 is 8.42 Å². The first-order valence-electron chi connectivity index (χ1n) is 5.74. The maximum atomic E-state index is 11.9. The monoisotopic (exact) mass is 280 g/mol. The summed E-state index contributed by atoms with van der Waals surface area (Å²) < 4.78 is 28.1. The average Bonchev–Trinajstić information content (AvgIpc) is 2.72. The Labute approximate surface area is 112 Å². The maximum Gasteiger partial charge on any atom is 0.216 e. The van der Waals surface area contributed by atoms with Crippen LogP contribution >= 0.6 is 0 Å². The summed E-state index contributed by atoms with van der Waals surface area (Å²) >= 11 is 0. The molecule has 1 aromatic carbocycles. The van der Waals surface area contributed by atoms with Crippen LogP contribution in [0.2, 0.25) is 0 Å². The number of nitrogens with zero attached hydrogens (tertiary/aromatic N) is 2. The van der Waals surface area contributed by atoms with Gasteiger partial charge in [-0.15, -0.1) is 0 Å². The average molecular weight is 280 g/mol. The van der Waals surface area contributed by atoms with E-state index in [1.54, 1.807) is 41.2 Å². The molecule has 0 atom stereocenters. The molecule has 0 bridgehead atoms. The molecule has 6 nitrogen and oxygen atoms in total. The van der Waals surface area contributed by atoms with Crippen molar-refractivity contribution in [3.63, 3.8) is 0 Å². The lowest BCUT2D eigenvalue weighted by molar-refractivity contribution is 0.576. The highest BCUT2D eigenvalue weighted by molar-refractivity contribution is 7.88. The highest BCUT2D eigenvalue weighted by Gasteiger charge is 2.12. The van der Waals surface area contributed by atoms with Crippen LogP contribution < -0.4 is 10.5 Å². The molecule has 0 saturated carbocycles. The second-order valence-corrected chi connectivity index (χ2v) is 6.09. The van der Waals surface area contributed by atoms with Crippen molar-refractivity contribution in [1.29, 1.82) is 0 Å². The number of imidazole rings is 1. The van der Waals surface area contributed by atoms with E-state index in [1.165, 1.54) is 0 Å². The zero-order chi connectivity index (χ0) is 13.9. The molecule has 102 valence electrons. The van der Waals surface area contributed by atoms with Crippen LogP contribution in [0.3, 0.4) is 0 Å². The van der Waals surface area contributed by atoms with Crippen LogP contribution in [0.4, 0.5) is 5.69 Å². The Balaban J connectivity index is 2.01. The number of nitrogens with one attached hydrogen (secondary N) is 1. The van der Waals surface area contributed by atoms with Crippen LogP contribution in [0.25, 0.3) is 0 Å². The lowest BCUT2D eigenvalue weighted by atomic mass is 10.2. The van der Waals surface area contributed by atoms with E-state index >= 15 is 0 Å². The Morgan fingerprint density at radius 1 is 1.42 bits per heavy atom. The molecule has 3 N–H and O–H groups in total. The quantitative estimate of drug-likeness (QED) is 0.786. The summed E-state index contributed by atoms with van der Waals surface area (Å²) in [7, 11) is -1.59. The summed E-state index contributed by atoms with van der Waals surface area (Å²) in [5, 5.41) is 0. The highest BCUT2D eigenvalue weighted by atomic mass is 32.2. The minimum Gasteiger partial charge on any atom is -0.399 e. The molecule has 0 amide bonds. The molecular weight excluding hydrogens is 264 g/mol. The van der Waals surface area contributed by atoms with Gasteiger partial charge in [0, 0.05) is 25.1 Å². The topological polar surface area (TPSA) is 90.0 Å². The van der Waals surface area contributed by atoms with Crippen molar-refractivity contribution in [3.8, 4) is 0 Å². The number of sulfonamides is 1. The molecule has 0 saturated heterocycles. The van der Waals surface area contributed by atoms with Gasteiger partial charge in [-0.3, -0.25) is 0 Å². The molecule has 0 unspecified atom stereocenters. The number of aryl methyl sites for hydroxylation is 1. The van der Waals surface area contributed by atoms with Gasteiger partial charge in [0.15, 0.2) is 0 Å². The largest absolute Gasteiger partial charge is 0.399 e. The lowest BCUT2D eigenvalue weighted by Gasteiger charge is -2.07. The van der Waals surface area contributed by atoms with Gasteiger partial charge in [-0.2, -0.15) is 0 Å². The smallest absolute Gasteiger partial charge is 0.216 e. The van der Waals surface area contributed by atoms with E-state index in [4.69, 9.17) is 5.73 Å². The number of nitrogens with two attached hydrogens (primary N) is 1. The molecule has 0 spiro atoms. The fraction of sp³-hybridized carbons (Fsp3) is 0.250. The number of anilines is 1. The number of rotatable bonds is 5. The first-order valence-corrected chi connectivity index (χ1v) is 7.39. The van der Waals surface area contributed by atoms with Gasteiger partial charge < -0.3 is 10.3 Å². The van der Waals surface area contributed by atoms with E-state index in [9.17, 15) is 8.42 Å². The minimum atomic E-state index is -3.40. The Bertz CT molecular complexity index is 664. The predicted molar refractivity (Wildman–Crippen MR) is 73.5 cm³/mol. The number of nitrogen functional groups attached to an aromatic ring is 1. The van der Waals surface area contributed by atoms with Gasteiger partial charge in [-0.05, 0) is 17.7 Å². The maximum absolute atomic E-state index is 11.9. The number of hydrogen-bond donors (Lipinski definition) is 2. The van der Waals surface area contributed by atoms with Gasteiger partial charge in [0.05, 0.1) is 12.3 Å². The van der Waals surface area contributed by atoms with Crippen molar-refractivity contribution in [2.24, 2.45) is 7.05 Å². The highest BCUT2D eigenvalue weighted by Crippen LogP contribution is 2.10. The predicted octanol–water partition coefficient (Wildman–Crippen LogP) is 0.622. The van der Waals surface area contributed by atoms with E-state index in [0.717, 1.165) is 0 Å². The van der Waals surface area contributed by atoms with Crippen molar-refractivity contribution in [1.82, 2.24) is 14.3 Å². The zero-order valence-corrected chi connectivity index (χ0v) is 11.4. The zero-order valence-electron chi connectivity index (χ0n) is 10.6.